The van der Waals surface area contributed by atoms with Gasteiger partial charge in [0.05, 0.1) is 23.1 Å². The van der Waals surface area contributed by atoms with Gasteiger partial charge in [0.25, 0.3) is 0 Å². The molecule has 0 spiro atoms. The molecule has 0 atom stereocenters. The molecular formula is C17H27BN2O2. The standard InChI is InChI=1S/C17H27BN2O2/c1-13-6-8-20(9-7-13)15-10-14(11-19-12-15)18-21-16(2,3)17(4,5)22-18/h10-13H,6-9H2,1-5H3/i1D3,6D2,7D2,8D2,9D2,13D. The molecule has 4 nitrogen and oxygen atoms in total. The number of hydrogen-bond acceptors (Lipinski definition) is 4. The van der Waals surface area contributed by atoms with Crippen molar-refractivity contribution in [3.05, 3.63) is 18.5 Å². The molecule has 1 aromatic rings. The minimum absolute atomic E-state index is 0.181. The second-order valence-corrected chi connectivity index (χ2v) is 6.25. The smallest absolute Gasteiger partial charge is 0.399 e. The van der Waals surface area contributed by atoms with Crippen LogP contribution >= 0.6 is 0 Å². The number of nitrogens with zero attached hydrogens (tertiary/aromatic N) is 2. The maximum absolute atomic E-state index is 8.45. The largest absolute Gasteiger partial charge is 0.496 e. The van der Waals surface area contributed by atoms with Crippen molar-refractivity contribution in [3.8, 4) is 0 Å². The first-order valence-electron chi connectivity index (χ1n) is 13.0. The van der Waals surface area contributed by atoms with E-state index >= 15 is 0 Å². The van der Waals surface area contributed by atoms with Crippen LogP contribution in [0.15, 0.2) is 18.5 Å². The third-order valence-electron chi connectivity index (χ3n) is 4.11. The molecule has 2 aliphatic rings. The number of piperidine rings is 1. The normalized spacial score (nSPS) is 44.0. The molecule has 0 saturated carbocycles. The van der Waals surface area contributed by atoms with Crippen molar-refractivity contribution in [2.45, 2.75) is 58.5 Å². The van der Waals surface area contributed by atoms with Crippen LogP contribution in [-0.4, -0.2) is 36.3 Å². The van der Waals surface area contributed by atoms with Crippen LogP contribution in [0.25, 0.3) is 0 Å². The van der Waals surface area contributed by atoms with Gasteiger partial charge in [0.1, 0.15) is 0 Å². The third kappa shape index (κ3) is 2.89. The number of rotatable bonds is 2. The Labute approximate surface area is 151 Å². The minimum atomic E-state index is -3.78. The number of aromatic nitrogens is 1. The zero-order valence-electron chi connectivity index (χ0n) is 25.0. The molecule has 5 heteroatoms. The van der Waals surface area contributed by atoms with Gasteiger partial charge in [-0.15, -0.1) is 0 Å². The van der Waals surface area contributed by atoms with Gasteiger partial charge >= 0.3 is 7.12 Å². The fourth-order valence-corrected chi connectivity index (χ4v) is 2.09. The summed E-state index contributed by atoms with van der Waals surface area (Å²) in [5.41, 5.74) is -1.60. The minimum Gasteiger partial charge on any atom is -0.399 e. The van der Waals surface area contributed by atoms with Crippen LogP contribution in [0.3, 0.4) is 0 Å². The first kappa shape index (κ1) is 6.82. The predicted molar refractivity (Wildman–Crippen MR) is 90.6 cm³/mol. The van der Waals surface area contributed by atoms with Crippen LogP contribution < -0.4 is 10.4 Å². The molecule has 2 fully saturated rings. The highest BCUT2D eigenvalue weighted by Crippen LogP contribution is 2.36. The van der Waals surface area contributed by atoms with E-state index in [-0.39, 0.29) is 16.1 Å². The Balaban J connectivity index is 2.19. The lowest BCUT2D eigenvalue weighted by Gasteiger charge is -2.32. The molecule has 3 rings (SSSR count). The van der Waals surface area contributed by atoms with Gasteiger partial charge < -0.3 is 14.2 Å². The molecule has 22 heavy (non-hydrogen) atoms. The Kier molecular flexibility index (Phi) is 1.72. The van der Waals surface area contributed by atoms with E-state index in [4.69, 9.17) is 25.8 Å². The first-order chi connectivity index (χ1) is 14.9. The Morgan fingerprint density at radius 2 is 1.91 bits per heavy atom. The number of hydrogen-bond donors (Lipinski definition) is 0. The summed E-state index contributed by atoms with van der Waals surface area (Å²) < 4.78 is 110. The van der Waals surface area contributed by atoms with Gasteiger partial charge in [0, 0.05) is 41.1 Å². The van der Waals surface area contributed by atoms with Gasteiger partial charge in [0.2, 0.25) is 0 Å². The molecule has 0 aliphatic carbocycles. The molecule has 0 aromatic carbocycles. The van der Waals surface area contributed by atoms with Gasteiger partial charge in [-0.2, -0.15) is 0 Å². The summed E-state index contributed by atoms with van der Waals surface area (Å²) in [5.74, 6) is -3.78. The van der Waals surface area contributed by atoms with Crippen molar-refractivity contribution in [2.75, 3.05) is 17.9 Å². The highest BCUT2D eigenvalue weighted by atomic mass is 16.7. The monoisotopic (exact) mass is 314 g/mol. The van der Waals surface area contributed by atoms with Crippen molar-refractivity contribution >= 4 is 18.3 Å². The van der Waals surface area contributed by atoms with Crippen LogP contribution in [-0.2, 0) is 9.31 Å². The lowest BCUT2D eigenvalue weighted by molar-refractivity contribution is 0.00578. The van der Waals surface area contributed by atoms with Crippen molar-refractivity contribution < 1.29 is 25.8 Å². The molecule has 2 saturated heterocycles. The van der Waals surface area contributed by atoms with E-state index < -0.39 is 56.8 Å². The molecular weight excluding hydrogens is 275 g/mol. The second kappa shape index (κ2) is 5.53. The first-order valence-corrected chi connectivity index (χ1v) is 7.01. The summed E-state index contributed by atoms with van der Waals surface area (Å²) in [6, 6.07) is 1.23. The van der Waals surface area contributed by atoms with E-state index in [9.17, 15) is 0 Å². The van der Waals surface area contributed by atoms with Crippen LogP contribution in [0, 0.1) is 5.89 Å². The van der Waals surface area contributed by atoms with Gasteiger partial charge in [0.15, 0.2) is 0 Å². The van der Waals surface area contributed by atoms with E-state index in [2.05, 4.69) is 4.98 Å². The van der Waals surface area contributed by atoms with Crippen LogP contribution in [0.1, 0.15) is 63.7 Å². The van der Waals surface area contributed by atoms with Crippen molar-refractivity contribution in [2.24, 2.45) is 5.89 Å². The average molecular weight is 314 g/mol. The summed E-state index contributed by atoms with van der Waals surface area (Å²) in [5, 5.41) is 0. The fraction of sp³-hybridized carbons (Fsp3) is 0.706. The lowest BCUT2D eigenvalue weighted by atomic mass is 9.80. The molecule has 1 aromatic heterocycles. The van der Waals surface area contributed by atoms with E-state index in [1.165, 1.54) is 12.3 Å². The Morgan fingerprint density at radius 1 is 1.27 bits per heavy atom. The molecule has 3 heterocycles. The SMILES string of the molecule is [2H]C([2H])([2H])C1([2H])C([2H])([2H])C([2H])([2H])N(c2cncc(B3OC(C)(C)C(C)(C)O3)c2)C([2H])([2H])C1([2H])[2H]. The highest BCUT2D eigenvalue weighted by molar-refractivity contribution is 6.62. The maximum atomic E-state index is 8.45. The van der Waals surface area contributed by atoms with E-state index in [0.717, 1.165) is 6.20 Å². The van der Waals surface area contributed by atoms with Crippen molar-refractivity contribution in [1.82, 2.24) is 4.98 Å². The molecule has 0 bridgehead atoms. The quantitative estimate of drug-likeness (QED) is 0.786. The molecule has 0 unspecified atom stereocenters. The third-order valence-corrected chi connectivity index (χ3v) is 4.11. The zero-order chi connectivity index (χ0) is 26.6. The van der Waals surface area contributed by atoms with E-state index in [0.29, 0.717) is 0 Å². The van der Waals surface area contributed by atoms with Crippen molar-refractivity contribution in [1.29, 1.82) is 0 Å². The molecule has 120 valence electrons. The molecule has 0 N–H and O–H groups in total. The van der Waals surface area contributed by atoms with Crippen LogP contribution in [0.2, 0.25) is 0 Å². The summed E-state index contributed by atoms with van der Waals surface area (Å²) in [4.78, 5) is 4.15. The van der Waals surface area contributed by atoms with E-state index in [1.807, 2.05) is 0 Å². The molecule has 2 aliphatic heterocycles. The summed E-state index contributed by atoms with van der Waals surface area (Å²) in [7, 11) is -0.981. The van der Waals surface area contributed by atoms with Crippen LogP contribution in [0.4, 0.5) is 5.69 Å². The van der Waals surface area contributed by atoms with E-state index in [1.54, 1.807) is 27.7 Å². The molecule has 0 radical (unpaired) electrons. The predicted octanol–water partition coefficient (Wildman–Crippen LogP) is 2.62. The summed E-state index contributed by atoms with van der Waals surface area (Å²) in [6.07, 6.45) is -5.05. The van der Waals surface area contributed by atoms with Gasteiger partial charge in [-0.1, -0.05) is 6.85 Å². The summed E-state index contributed by atoms with van der Waals surface area (Å²) in [6.45, 7) is -3.44. The topological polar surface area (TPSA) is 34.6 Å². The van der Waals surface area contributed by atoms with Crippen LogP contribution in [0.5, 0.6) is 0 Å². The second-order valence-electron chi connectivity index (χ2n) is 6.25. The number of pyridine rings is 1. The average Bonchev–Trinajstić information content (AvgIpc) is 2.86. The number of anilines is 1. The Morgan fingerprint density at radius 3 is 2.50 bits per heavy atom. The van der Waals surface area contributed by atoms with Gasteiger partial charge in [-0.3, -0.25) is 4.98 Å². The maximum Gasteiger partial charge on any atom is 0.496 e. The van der Waals surface area contributed by atoms with Gasteiger partial charge in [-0.25, -0.2) is 0 Å². The molecule has 0 amide bonds. The Bertz CT molecular complexity index is 937. The van der Waals surface area contributed by atoms with Gasteiger partial charge in [-0.05, 0) is 52.4 Å². The fourth-order valence-electron chi connectivity index (χ4n) is 2.09. The Hall–Kier alpha value is -1.07. The highest BCUT2D eigenvalue weighted by Gasteiger charge is 2.51. The van der Waals surface area contributed by atoms with Crippen molar-refractivity contribution in [3.63, 3.8) is 0 Å². The lowest BCUT2D eigenvalue weighted by Crippen LogP contribution is -2.41. The summed E-state index contributed by atoms with van der Waals surface area (Å²) >= 11 is 0. The zero-order valence-corrected chi connectivity index (χ0v) is 13.0.